The summed E-state index contributed by atoms with van der Waals surface area (Å²) in [6, 6.07) is 50.4. The van der Waals surface area contributed by atoms with E-state index in [-0.39, 0.29) is 0 Å². The summed E-state index contributed by atoms with van der Waals surface area (Å²) in [5, 5.41) is 9.24. The first kappa shape index (κ1) is 27.4. The normalized spacial score (nSPS) is 11.7. The third-order valence-corrected chi connectivity index (χ3v) is 9.39. The second-order valence-corrected chi connectivity index (χ2v) is 12.2. The van der Waals surface area contributed by atoms with Gasteiger partial charge in [-0.05, 0) is 43.9 Å². The Kier molecular flexibility index (Phi) is 6.11. The van der Waals surface area contributed by atoms with Crippen molar-refractivity contribution >= 4 is 54.3 Å². The maximum absolute atomic E-state index is 6.73. The predicted molar refractivity (Wildman–Crippen MR) is 199 cm³/mol. The lowest BCUT2D eigenvalue weighted by Crippen LogP contribution is -2.00. The summed E-state index contributed by atoms with van der Waals surface area (Å²) in [4.78, 5) is 19.5. The molecule has 10 rings (SSSR count). The van der Waals surface area contributed by atoms with Crippen molar-refractivity contribution in [3.05, 3.63) is 158 Å². The standard InChI is InChI=1S/C44H26N4O/c1-3-13-28(14-4-1)42-46-43(29-15-5-2-6-16-29)48-44(47-42)37-25-45-26-38-40(37)35-21-11-20-34(41(35)49-38)36-24-30-23-22-27-12-7-8-17-31(27)39(30)33-19-10-9-18-32(33)36/h1-26H. The van der Waals surface area contributed by atoms with Gasteiger partial charge in [0, 0.05) is 39.2 Å². The Balaban J connectivity index is 1.23. The monoisotopic (exact) mass is 626 g/mol. The van der Waals surface area contributed by atoms with Crippen LogP contribution in [0.5, 0.6) is 0 Å². The van der Waals surface area contributed by atoms with E-state index in [9.17, 15) is 0 Å². The number of nitrogens with zero attached hydrogens (tertiary/aromatic N) is 4. The minimum absolute atomic E-state index is 0.543. The molecule has 0 saturated heterocycles. The molecular weight excluding hydrogens is 601 g/mol. The van der Waals surface area contributed by atoms with Crippen LogP contribution in [0.15, 0.2) is 162 Å². The van der Waals surface area contributed by atoms with E-state index in [4.69, 9.17) is 19.4 Å². The first-order valence-electron chi connectivity index (χ1n) is 16.3. The Morgan fingerprint density at radius 3 is 1.76 bits per heavy atom. The second-order valence-electron chi connectivity index (χ2n) is 12.2. The van der Waals surface area contributed by atoms with E-state index in [1.54, 1.807) is 6.20 Å². The quantitative estimate of drug-likeness (QED) is 0.182. The third-order valence-electron chi connectivity index (χ3n) is 9.39. The highest BCUT2D eigenvalue weighted by atomic mass is 16.3. The van der Waals surface area contributed by atoms with Gasteiger partial charge in [-0.15, -0.1) is 0 Å². The second kappa shape index (κ2) is 10.9. The molecule has 0 spiro atoms. The van der Waals surface area contributed by atoms with Crippen LogP contribution in [-0.4, -0.2) is 19.9 Å². The van der Waals surface area contributed by atoms with Crippen LogP contribution >= 0.6 is 0 Å². The fourth-order valence-corrected chi connectivity index (χ4v) is 7.16. The van der Waals surface area contributed by atoms with Crippen molar-refractivity contribution in [1.29, 1.82) is 0 Å². The number of pyridine rings is 1. The van der Waals surface area contributed by atoms with E-state index in [0.717, 1.165) is 44.2 Å². The van der Waals surface area contributed by atoms with Gasteiger partial charge in [0.25, 0.3) is 0 Å². The topological polar surface area (TPSA) is 64.7 Å². The summed E-state index contributed by atoms with van der Waals surface area (Å²) in [5.74, 6) is 1.75. The Hall–Kier alpha value is -6.72. The molecule has 0 atom stereocenters. The highest BCUT2D eigenvalue weighted by molar-refractivity contribution is 6.25. The molecule has 0 amide bonds. The molecule has 10 aromatic rings. The zero-order valence-corrected chi connectivity index (χ0v) is 26.2. The van der Waals surface area contributed by atoms with E-state index in [1.807, 2.05) is 66.9 Å². The van der Waals surface area contributed by atoms with Crippen molar-refractivity contribution in [3.8, 4) is 45.3 Å². The summed E-state index contributed by atoms with van der Waals surface area (Å²) in [7, 11) is 0. The fraction of sp³-hybridized carbons (Fsp3) is 0. The van der Waals surface area contributed by atoms with Crippen molar-refractivity contribution in [3.63, 3.8) is 0 Å². The van der Waals surface area contributed by atoms with Gasteiger partial charge in [-0.2, -0.15) is 0 Å². The van der Waals surface area contributed by atoms with Gasteiger partial charge in [0.15, 0.2) is 23.1 Å². The zero-order valence-electron chi connectivity index (χ0n) is 26.2. The molecular formula is C44H26N4O. The summed E-state index contributed by atoms with van der Waals surface area (Å²) in [6.45, 7) is 0. The molecule has 5 heteroatoms. The van der Waals surface area contributed by atoms with Crippen LogP contribution in [0.25, 0.3) is 99.5 Å². The molecule has 0 saturated carbocycles. The lowest BCUT2D eigenvalue weighted by Gasteiger charge is -2.13. The van der Waals surface area contributed by atoms with Gasteiger partial charge in [-0.3, -0.25) is 4.98 Å². The van der Waals surface area contributed by atoms with E-state index >= 15 is 0 Å². The van der Waals surface area contributed by atoms with E-state index in [1.165, 1.54) is 32.3 Å². The molecule has 0 bridgehead atoms. The van der Waals surface area contributed by atoms with Crippen molar-refractivity contribution in [2.24, 2.45) is 0 Å². The molecule has 49 heavy (non-hydrogen) atoms. The summed E-state index contributed by atoms with van der Waals surface area (Å²) < 4.78 is 6.73. The number of benzene rings is 7. The summed E-state index contributed by atoms with van der Waals surface area (Å²) in [6.07, 6.45) is 3.62. The van der Waals surface area contributed by atoms with Crippen molar-refractivity contribution < 1.29 is 4.42 Å². The molecule has 7 aromatic carbocycles. The number of para-hydroxylation sites is 1. The van der Waals surface area contributed by atoms with Crippen LogP contribution in [-0.2, 0) is 0 Å². The third kappa shape index (κ3) is 4.40. The van der Waals surface area contributed by atoms with Gasteiger partial charge in [0.1, 0.15) is 5.58 Å². The van der Waals surface area contributed by atoms with Crippen LogP contribution < -0.4 is 0 Å². The Morgan fingerprint density at radius 1 is 0.388 bits per heavy atom. The Bertz CT molecular complexity index is 2820. The first-order valence-corrected chi connectivity index (χ1v) is 16.3. The maximum Gasteiger partial charge on any atom is 0.166 e. The van der Waals surface area contributed by atoms with Gasteiger partial charge < -0.3 is 4.42 Å². The number of rotatable bonds is 4. The molecule has 0 N–H and O–H groups in total. The summed E-state index contributed by atoms with van der Waals surface area (Å²) in [5.41, 5.74) is 6.25. The SMILES string of the molecule is c1ccc(-c2nc(-c3ccccc3)nc(-c3cncc4oc5c(-c6cc7ccc8ccccc8c7c7ccccc67)cccc5c34)n2)cc1. The molecule has 0 fully saturated rings. The van der Waals surface area contributed by atoms with Crippen molar-refractivity contribution in [2.45, 2.75) is 0 Å². The smallest absolute Gasteiger partial charge is 0.166 e. The van der Waals surface area contributed by atoms with Crippen molar-refractivity contribution in [2.75, 3.05) is 0 Å². The highest BCUT2D eigenvalue weighted by Gasteiger charge is 2.21. The van der Waals surface area contributed by atoms with E-state index in [0.29, 0.717) is 23.1 Å². The van der Waals surface area contributed by atoms with Gasteiger partial charge in [0.2, 0.25) is 0 Å². The Labute approximate surface area is 281 Å². The number of aromatic nitrogens is 4. The largest absolute Gasteiger partial charge is 0.454 e. The van der Waals surface area contributed by atoms with Crippen LogP contribution in [0, 0.1) is 0 Å². The van der Waals surface area contributed by atoms with Gasteiger partial charge >= 0.3 is 0 Å². The van der Waals surface area contributed by atoms with Crippen LogP contribution in [0.1, 0.15) is 0 Å². The molecule has 0 aliphatic carbocycles. The number of furan rings is 1. The van der Waals surface area contributed by atoms with Gasteiger partial charge in [0.05, 0.1) is 6.20 Å². The minimum atomic E-state index is 0.543. The summed E-state index contributed by atoms with van der Waals surface area (Å²) >= 11 is 0. The predicted octanol–water partition coefficient (Wildman–Crippen LogP) is 11.3. The van der Waals surface area contributed by atoms with Crippen LogP contribution in [0.3, 0.4) is 0 Å². The number of hydrogen-bond acceptors (Lipinski definition) is 5. The minimum Gasteiger partial charge on any atom is -0.454 e. The molecule has 3 heterocycles. The zero-order chi connectivity index (χ0) is 32.3. The number of fused-ring (bicyclic) bond motifs is 8. The molecule has 0 unspecified atom stereocenters. The average molecular weight is 627 g/mol. The van der Waals surface area contributed by atoms with Crippen LogP contribution in [0.2, 0.25) is 0 Å². The number of hydrogen-bond donors (Lipinski definition) is 0. The lowest BCUT2D eigenvalue weighted by molar-refractivity contribution is 0.668. The molecule has 0 aliphatic heterocycles. The maximum atomic E-state index is 6.73. The van der Waals surface area contributed by atoms with Gasteiger partial charge in [-0.25, -0.2) is 15.0 Å². The molecule has 5 nitrogen and oxygen atoms in total. The molecule has 0 radical (unpaired) electrons. The first-order chi connectivity index (χ1) is 24.3. The molecule has 228 valence electrons. The van der Waals surface area contributed by atoms with Gasteiger partial charge in [-0.1, -0.05) is 140 Å². The van der Waals surface area contributed by atoms with E-state index in [2.05, 4.69) is 89.9 Å². The molecule has 0 aliphatic rings. The van der Waals surface area contributed by atoms with Crippen LogP contribution in [0.4, 0.5) is 0 Å². The highest BCUT2D eigenvalue weighted by Crippen LogP contribution is 2.44. The Morgan fingerprint density at radius 2 is 1.00 bits per heavy atom. The lowest BCUT2D eigenvalue weighted by atomic mass is 9.90. The molecule has 3 aromatic heterocycles. The van der Waals surface area contributed by atoms with Crippen molar-refractivity contribution in [1.82, 2.24) is 19.9 Å². The average Bonchev–Trinajstić information content (AvgIpc) is 3.57. The fourth-order valence-electron chi connectivity index (χ4n) is 7.16. The van der Waals surface area contributed by atoms with E-state index < -0.39 is 0 Å².